The lowest BCUT2D eigenvalue weighted by molar-refractivity contribution is 0.0497. The summed E-state index contributed by atoms with van der Waals surface area (Å²) in [5, 5.41) is 8.37. The third-order valence-corrected chi connectivity index (χ3v) is 5.33. The molecule has 0 atom stereocenters. The van der Waals surface area contributed by atoms with Gasteiger partial charge >= 0.3 is 5.97 Å². The predicted octanol–water partition coefficient (Wildman–Crippen LogP) is 7.77. The standard InChI is InChI=1S/C26H37N3O3/c1-3-4-5-6-7-8-9-10-11-12-19-32-26(30)21-13-15-22(16-14-21)28-29-23-17-18-24(27)25(20-23)31-2/h13-18,20H,3-12,19,27H2,1-2H3. The molecule has 0 radical (unpaired) electrons. The molecule has 32 heavy (non-hydrogen) atoms. The van der Waals surface area contributed by atoms with E-state index in [1.165, 1.54) is 51.4 Å². The zero-order chi connectivity index (χ0) is 23.0. The number of carbonyl (C=O) groups excluding carboxylic acids is 1. The highest BCUT2D eigenvalue weighted by Gasteiger charge is 2.07. The van der Waals surface area contributed by atoms with E-state index >= 15 is 0 Å². The second-order valence-corrected chi connectivity index (χ2v) is 7.99. The van der Waals surface area contributed by atoms with Gasteiger partial charge in [-0.1, -0.05) is 64.7 Å². The van der Waals surface area contributed by atoms with Crippen LogP contribution < -0.4 is 10.5 Å². The average molecular weight is 440 g/mol. The number of anilines is 1. The van der Waals surface area contributed by atoms with Crippen molar-refractivity contribution in [1.82, 2.24) is 0 Å². The number of esters is 1. The van der Waals surface area contributed by atoms with Crippen molar-refractivity contribution < 1.29 is 14.3 Å². The highest BCUT2D eigenvalue weighted by molar-refractivity contribution is 5.89. The second-order valence-electron chi connectivity index (χ2n) is 7.99. The first-order valence-electron chi connectivity index (χ1n) is 11.8. The molecule has 0 unspecified atom stereocenters. The number of nitrogens with two attached hydrogens (primary N) is 1. The SMILES string of the molecule is CCCCCCCCCCCCOC(=O)c1ccc(N=Nc2ccc(N)c(OC)c2)cc1. The Kier molecular flexibility index (Phi) is 11.9. The molecule has 0 saturated heterocycles. The lowest BCUT2D eigenvalue weighted by atomic mass is 10.1. The van der Waals surface area contributed by atoms with Crippen molar-refractivity contribution in [2.75, 3.05) is 19.5 Å². The number of nitrogens with zero attached hydrogens (tertiary/aromatic N) is 2. The maximum Gasteiger partial charge on any atom is 0.338 e. The summed E-state index contributed by atoms with van der Waals surface area (Å²) in [7, 11) is 1.56. The minimum atomic E-state index is -0.298. The number of rotatable bonds is 15. The molecule has 0 fully saturated rings. The molecule has 0 bridgehead atoms. The molecule has 0 amide bonds. The summed E-state index contributed by atoms with van der Waals surface area (Å²) in [6, 6.07) is 12.1. The summed E-state index contributed by atoms with van der Waals surface area (Å²) in [6.45, 7) is 2.71. The third kappa shape index (κ3) is 9.50. The van der Waals surface area contributed by atoms with E-state index in [4.69, 9.17) is 15.2 Å². The number of carbonyl (C=O) groups is 1. The summed E-state index contributed by atoms with van der Waals surface area (Å²) in [6.07, 6.45) is 12.6. The van der Waals surface area contributed by atoms with Crippen LogP contribution >= 0.6 is 0 Å². The van der Waals surface area contributed by atoms with Crippen LogP contribution in [0.4, 0.5) is 17.1 Å². The van der Waals surface area contributed by atoms with Gasteiger partial charge in [0.2, 0.25) is 0 Å². The Morgan fingerprint density at radius 2 is 1.38 bits per heavy atom. The van der Waals surface area contributed by atoms with Gasteiger partial charge in [-0.2, -0.15) is 10.2 Å². The highest BCUT2D eigenvalue weighted by Crippen LogP contribution is 2.28. The first-order chi connectivity index (χ1) is 15.6. The largest absolute Gasteiger partial charge is 0.495 e. The van der Waals surface area contributed by atoms with E-state index < -0.39 is 0 Å². The van der Waals surface area contributed by atoms with Gasteiger partial charge in [0.1, 0.15) is 5.75 Å². The van der Waals surface area contributed by atoms with Crippen LogP contribution in [0.3, 0.4) is 0 Å². The number of nitrogen functional groups attached to an aromatic ring is 1. The first-order valence-corrected chi connectivity index (χ1v) is 11.8. The maximum absolute atomic E-state index is 12.2. The third-order valence-electron chi connectivity index (χ3n) is 5.33. The molecule has 6 nitrogen and oxygen atoms in total. The minimum Gasteiger partial charge on any atom is -0.495 e. The van der Waals surface area contributed by atoms with Gasteiger partial charge in [-0.05, 0) is 42.8 Å². The van der Waals surface area contributed by atoms with E-state index in [2.05, 4.69) is 17.2 Å². The number of ether oxygens (including phenoxy) is 2. The average Bonchev–Trinajstić information content (AvgIpc) is 2.82. The van der Waals surface area contributed by atoms with Gasteiger partial charge in [-0.25, -0.2) is 4.79 Å². The summed E-state index contributed by atoms with van der Waals surface area (Å²) in [5.74, 6) is 0.259. The van der Waals surface area contributed by atoms with Crippen molar-refractivity contribution in [3.63, 3.8) is 0 Å². The normalized spacial score (nSPS) is 11.1. The molecule has 0 aromatic heterocycles. The van der Waals surface area contributed by atoms with Crippen LogP contribution in [0.5, 0.6) is 5.75 Å². The molecule has 0 spiro atoms. The Balaban J connectivity index is 1.64. The molecule has 174 valence electrons. The molecule has 2 rings (SSSR count). The second kappa shape index (κ2) is 15.0. The van der Waals surface area contributed by atoms with Gasteiger partial charge in [-0.15, -0.1) is 0 Å². The van der Waals surface area contributed by atoms with E-state index in [0.717, 1.165) is 12.8 Å². The summed E-state index contributed by atoms with van der Waals surface area (Å²) >= 11 is 0. The number of hydrogen-bond donors (Lipinski definition) is 1. The van der Waals surface area contributed by atoms with Gasteiger partial charge in [0.05, 0.1) is 36.3 Å². The van der Waals surface area contributed by atoms with Crippen molar-refractivity contribution in [2.45, 2.75) is 71.1 Å². The molecule has 2 aromatic carbocycles. The molecule has 2 aromatic rings. The quantitative estimate of drug-likeness (QED) is 0.133. The fourth-order valence-electron chi connectivity index (χ4n) is 3.38. The lowest BCUT2D eigenvalue weighted by Crippen LogP contribution is -2.06. The van der Waals surface area contributed by atoms with E-state index in [-0.39, 0.29) is 5.97 Å². The summed E-state index contributed by atoms with van der Waals surface area (Å²) in [5.41, 5.74) is 8.15. The fourth-order valence-corrected chi connectivity index (χ4v) is 3.38. The molecule has 6 heteroatoms. The highest BCUT2D eigenvalue weighted by atomic mass is 16.5. The number of benzene rings is 2. The van der Waals surface area contributed by atoms with Gasteiger partial charge in [0.25, 0.3) is 0 Å². The van der Waals surface area contributed by atoms with E-state index in [9.17, 15) is 4.79 Å². The Morgan fingerprint density at radius 1 is 0.812 bits per heavy atom. The number of azo groups is 1. The zero-order valence-corrected chi connectivity index (χ0v) is 19.5. The molecule has 2 N–H and O–H groups in total. The monoisotopic (exact) mass is 439 g/mol. The molecule has 0 heterocycles. The molecule has 0 aliphatic carbocycles. The smallest absolute Gasteiger partial charge is 0.338 e. The molecule has 0 saturated carbocycles. The predicted molar refractivity (Wildman–Crippen MR) is 130 cm³/mol. The van der Waals surface area contributed by atoms with Crippen LogP contribution in [0.25, 0.3) is 0 Å². The van der Waals surface area contributed by atoms with E-state index in [1.54, 1.807) is 49.6 Å². The van der Waals surface area contributed by atoms with Crippen LogP contribution in [-0.2, 0) is 4.74 Å². The Morgan fingerprint density at radius 3 is 2.00 bits per heavy atom. The van der Waals surface area contributed by atoms with Crippen molar-refractivity contribution in [1.29, 1.82) is 0 Å². The van der Waals surface area contributed by atoms with Crippen LogP contribution in [0.1, 0.15) is 81.5 Å². The number of hydrogen-bond acceptors (Lipinski definition) is 6. The van der Waals surface area contributed by atoms with Gasteiger partial charge in [0, 0.05) is 6.07 Å². The van der Waals surface area contributed by atoms with Crippen LogP contribution in [-0.4, -0.2) is 19.7 Å². The Hall–Kier alpha value is -2.89. The Bertz CT molecular complexity index is 835. The molecule has 0 aliphatic heterocycles. The number of unbranched alkanes of at least 4 members (excludes halogenated alkanes) is 9. The van der Waals surface area contributed by atoms with Crippen molar-refractivity contribution in [3.05, 3.63) is 48.0 Å². The van der Waals surface area contributed by atoms with Gasteiger partial charge in [0.15, 0.2) is 0 Å². The van der Waals surface area contributed by atoms with Gasteiger partial charge < -0.3 is 15.2 Å². The van der Waals surface area contributed by atoms with Crippen molar-refractivity contribution in [2.24, 2.45) is 10.2 Å². The Labute approximate surface area is 192 Å². The molecular weight excluding hydrogens is 402 g/mol. The maximum atomic E-state index is 12.2. The van der Waals surface area contributed by atoms with E-state index in [0.29, 0.717) is 35.0 Å². The van der Waals surface area contributed by atoms with Crippen LogP contribution in [0.15, 0.2) is 52.7 Å². The van der Waals surface area contributed by atoms with Crippen LogP contribution in [0.2, 0.25) is 0 Å². The number of methoxy groups -OCH3 is 1. The lowest BCUT2D eigenvalue weighted by Gasteiger charge is -2.05. The fraction of sp³-hybridized carbons (Fsp3) is 0.500. The van der Waals surface area contributed by atoms with Crippen LogP contribution in [0, 0.1) is 0 Å². The van der Waals surface area contributed by atoms with Crippen molar-refractivity contribution in [3.8, 4) is 5.75 Å². The molecular formula is C26H37N3O3. The molecule has 0 aliphatic rings. The first kappa shape index (κ1) is 25.4. The zero-order valence-electron chi connectivity index (χ0n) is 19.5. The summed E-state index contributed by atoms with van der Waals surface area (Å²) < 4.78 is 10.6. The van der Waals surface area contributed by atoms with E-state index in [1.807, 2.05) is 0 Å². The van der Waals surface area contributed by atoms with Crippen molar-refractivity contribution >= 4 is 23.0 Å². The minimum absolute atomic E-state index is 0.298. The topological polar surface area (TPSA) is 86.3 Å². The van der Waals surface area contributed by atoms with Gasteiger partial charge in [-0.3, -0.25) is 0 Å². The summed E-state index contributed by atoms with van der Waals surface area (Å²) in [4.78, 5) is 12.2.